The normalized spacial score (nSPS) is 24.5. The molecule has 1 aliphatic rings. The zero-order valence-electron chi connectivity index (χ0n) is 11.6. The number of hydrogen-bond donors (Lipinski definition) is 0. The Morgan fingerprint density at radius 3 is 0.941 bits per heavy atom. The lowest BCUT2D eigenvalue weighted by Gasteiger charge is -2.10. The lowest BCUT2D eigenvalue weighted by atomic mass is 10.0. The van der Waals surface area contributed by atoms with Crippen molar-refractivity contribution in [3.8, 4) is 0 Å². The first-order chi connectivity index (χ1) is 8.39. The van der Waals surface area contributed by atoms with Crippen LogP contribution in [0.5, 0.6) is 0 Å². The second-order valence-electron chi connectivity index (χ2n) is 5.83. The quantitative estimate of drug-likeness (QED) is 0.425. The fourth-order valence-electron chi connectivity index (χ4n) is 2.85. The fourth-order valence-corrected chi connectivity index (χ4v) is 3.21. The molecule has 0 aromatic heterocycles. The van der Waals surface area contributed by atoms with Gasteiger partial charge in [-0.05, 0) is 27.7 Å². The largest absolute Gasteiger partial charge is 0.0533 e. The van der Waals surface area contributed by atoms with E-state index in [9.17, 15) is 0 Å². The molecule has 1 saturated carbocycles. The Kier molecular flexibility index (Phi) is 10.5. The summed E-state index contributed by atoms with van der Waals surface area (Å²) in [5, 5.41) is 0. The van der Waals surface area contributed by atoms with Gasteiger partial charge in [0.05, 0.1) is 0 Å². The van der Waals surface area contributed by atoms with E-state index in [2.05, 4.69) is 0 Å². The molecular formula is C16H31P. The minimum Gasteiger partial charge on any atom is -0.0533 e. The molecule has 0 saturated heterocycles. The van der Waals surface area contributed by atoms with Crippen molar-refractivity contribution in [3.63, 3.8) is 0 Å². The van der Waals surface area contributed by atoms with Crippen LogP contribution in [0.3, 0.4) is 0 Å². The van der Waals surface area contributed by atoms with Gasteiger partial charge in [-0.2, -0.15) is 0 Å². The summed E-state index contributed by atoms with van der Waals surface area (Å²) in [6.07, 6.45) is 21.7. The molecule has 0 atom stereocenters. The van der Waals surface area contributed by atoms with Crippen LogP contribution in [-0.2, 0) is 0 Å². The first-order valence-electron chi connectivity index (χ1n) is 8.07. The van der Waals surface area contributed by atoms with Crippen LogP contribution >= 0.6 is 9.24 Å². The monoisotopic (exact) mass is 254 g/mol. The van der Waals surface area contributed by atoms with Gasteiger partial charge in [0, 0.05) is 0 Å². The van der Waals surface area contributed by atoms with Crippen molar-refractivity contribution in [1.29, 1.82) is 0 Å². The van der Waals surface area contributed by atoms with E-state index < -0.39 is 0 Å². The minimum atomic E-state index is 0.683. The Morgan fingerprint density at radius 1 is 0.412 bits per heavy atom. The molecule has 2 radical (unpaired) electrons. The van der Waals surface area contributed by atoms with Gasteiger partial charge in [0.2, 0.25) is 0 Å². The predicted molar refractivity (Wildman–Crippen MR) is 80.0 cm³/mol. The van der Waals surface area contributed by atoms with E-state index in [0.29, 0.717) is 5.66 Å². The third-order valence-electron chi connectivity index (χ3n) is 4.07. The summed E-state index contributed by atoms with van der Waals surface area (Å²) in [6, 6.07) is 0. The first-order valence-corrected chi connectivity index (χ1v) is 8.59. The third kappa shape index (κ3) is 10.1. The fraction of sp³-hybridized carbons (Fsp3) is 1.00. The van der Waals surface area contributed by atoms with E-state index >= 15 is 0 Å². The molecule has 0 nitrogen and oxygen atoms in total. The average molecular weight is 254 g/mol. The first kappa shape index (κ1) is 15.5. The van der Waals surface area contributed by atoms with Gasteiger partial charge in [-0.15, -0.1) is 0 Å². The topological polar surface area (TPSA) is 0 Å². The highest BCUT2D eigenvalue weighted by Crippen LogP contribution is 2.20. The number of hydrogen-bond acceptors (Lipinski definition) is 0. The summed E-state index contributed by atoms with van der Waals surface area (Å²) in [4.78, 5) is 0. The van der Waals surface area contributed by atoms with Crippen molar-refractivity contribution in [2.75, 3.05) is 0 Å². The van der Waals surface area contributed by atoms with E-state index in [0.717, 1.165) is 0 Å². The van der Waals surface area contributed by atoms with Crippen LogP contribution in [0, 0.1) is 0 Å². The third-order valence-corrected chi connectivity index (χ3v) is 4.59. The van der Waals surface area contributed by atoms with E-state index in [1.807, 2.05) is 0 Å². The molecule has 1 heteroatoms. The molecule has 0 bridgehead atoms. The minimum absolute atomic E-state index is 0.683. The van der Waals surface area contributed by atoms with Crippen molar-refractivity contribution in [2.45, 2.75) is 102 Å². The van der Waals surface area contributed by atoms with E-state index in [1.165, 1.54) is 96.3 Å². The van der Waals surface area contributed by atoms with Gasteiger partial charge in [0.25, 0.3) is 0 Å². The molecule has 100 valence electrons. The molecule has 0 aromatic rings. The Bertz CT molecular complexity index is 140. The Balaban J connectivity index is 2.09. The van der Waals surface area contributed by atoms with Gasteiger partial charge in [0.1, 0.15) is 0 Å². The Morgan fingerprint density at radius 2 is 0.647 bits per heavy atom. The summed E-state index contributed by atoms with van der Waals surface area (Å²) in [5.74, 6) is 0. The van der Waals surface area contributed by atoms with Crippen LogP contribution in [0.25, 0.3) is 0 Å². The van der Waals surface area contributed by atoms with Crippen LogP contribution in [0.15, 0.2) is 0 Å². The van der Waals surface area contributed by atoms with Crippen molar-refractivity contribution < 1.29 is 0 Å². The van der Waals surface area contributed by atoms with Gasteiger partial charge in [-0.25, -0.2) is 0 Å². The van der Waals surface area contributed by atoms with Crippen LogP contribution in [0.1, 0.15) is 96.3 Å². The van der Waals surface area contributed by atoms with Crippen LogP contribution < -0.4 is 0 Å². The summed E-state index contributed by atoms with van der Waals surface area (Å²) in [5.41, 5.74) is 0.683. The Hall–Kier alpha value is 0.430. The molecule has 0 aliphatic heterocycles. The van der Waals surface area contributed by atoms with E-state index in [4.69, 9.17) is 9.24 Å². The van der Waals surface area contributed by atoms with E-state index in [-0.39, 0.29) is 0 Å². The van der Waals surface area contributed by atoms with Crippen molar-refractivity contribution in [3.05, 3.63) is 0 Å². The predicted octanol–water partition coefficient (Wildman–Crippen LogP) is 6.63. The molecule has 1 rings (SSSR count). The highest BCUT2D eigenvalue weighted by Gasteiger charge is 2.03. The van der Waals surface area contributed by atoms with E-state index in [1.54, 1.807) is 0 Å². The summed E-state index contributed by atoms with van der Waals surface area (Å²) < 4.78 is 0. The lowest BCUT2D eigenvalue weighted by molar-refractivity contribution is 0.508. The van der Waals surface area contributed by atoms with Crippen molar-refractivity contribution in [1.82, 2.24) is 0 Å². The van der Waals surface area contributed by atoms with Crippen molar-refractivity contribution >= 4 is 9.24 Å². The van der Waals surface area contributed by atoms with Crippen LogP contribution in [0.4, 0.5) is 0 Å². The maximum absolute atomic E-state index is 4.71. The lowest BCUT2D eigenvalue weighted by Crippen LogP contribution is -1.98. The molecule has 1 aliphatic carbocycles. The van der Waals surface area contributed by atoms with Gasteiger partial charge in [-0.3, -0.25) is 0 Å². The SMILES string of the molecule is [P]C1CCCCCCCCCCCCCCC1. The maximum Gasteiger partial charge on any atom is -0.0125 e. The zero-order chi connectivity index (χ0) is 12.2. The van der Waals surface area contributed by atoms with Gasteiger partial charge >= 0.3 is 0 Å². The highest BCUT2D eigenvalue weighted by atomic mass is 31.0. The summed E-state index contributed by atoms with van der Waals surface area (Å²) in [6.45, 7) is 0. The Labute approximate surface area is 112 Å². The second kappa shape index (κ2) is 11.5. The smallest absolute Gasteiger partial charge is 0.0125 e. The average Bonchev–Trinajstić information content (AvgIpc) is 2.32. The molecule has 0 aromatic carbocycles. The molecule has 0 spiro atoms. The van der Waals surface area contributed by atoms with Gasteiger partial charge in [0.15, 0.2) is 0 Å². The van der Waals surface area contributed by atoms with Crippen LogP contribution in [-0.4, -0.2) is 5.66 Å². The standard InChI is InChI=1S/C16H31P/c17-16-14-12-10-8-6-4-2-1-3-5-7-9-11-13-15-16/h16H,1-15H2. The summed E-state index contributed by atoms with van der Waals surface area (Å²) >= 11 is 0. The zero-order valence-corrected chi connectivity index (χ0v) is 12.5. The number of rotatable bonds is 0. The maximum atomic E-state index is 4.71. The molecule has 0 amide bonds. The summed E-state index contributed by atoms with van der Waals surface area (Å²) in [7, 11) is 4.71. The molecular weight excluding hydrogens is 223 g/mol. The highest BCUT2D eigenvalue weighted by molar-refractivity contribution is 7.17. The molecule has 0 heterocycles. The molecule has 1 fully saturated rings. The molecule has 0 N–H and O–H groups in total. The molecule has 0 unspecified atom stereocenters. The molecule has 17 heavy (non-hydrogen) atoms. The van der Waals surface area contributed by atoms with Gasteiger partial charge < -0.3 is 0 Å². The van der Waals surface area contributed by atoms with Crippen molar-refractivity contribution in [2.24, 2.45) is 0 Å². The second-order valence-corrected chi connectivity index (χ2v) is 6.56. The van der Waals surface area contributed by atoms with Gasteiger partial charge in [-0.1, -0.05) is 83.5 Å². The van der Waals surface area contributed by atoms with Crippen LogP contribution in [0.2, 0.25) is 0 Å².